The van der Waals surface area contributed by atoms with Crippen LogP contribution in [0.15, 0.2) is 47.4 Å². The van der Waals surface area contributed by atoms with Gasteiger partial charge in [0, 0.05) is 21.2 Å². The molecule has 1 N–H and O–H groups in total. The van der Waals surface area contributed by atoms with Crippen molar-refractivity contribution < 1.29 is 5.11 Å². The van der Waals surface area contributed by atoms with E-state index in [0.29, 0.717) is 5.02 Å². The summed E-state index contributed by atoms with van der Waals surface area (Å²) in [6.07, 6.45) is -0.620. The van der Waals surface area contributed by atoms with E-state index in [-0.39, 0.29) is 0 Å². The Kier molecular flexibility index (Phi) is 2.87. The van der Waals surface area contributed by atoms with Gasteiger partial charge in [-0.15, -0.1) is 11.8 Å². The smallest absolute Gasteiger partial charge is 0.107 e. The maximum absolute atomic E-state index is 10.5. The standard InChI is InChI=1S/C14H11ClOS/c15-11-6-3-7-12-13(11)14(16)10-5-2-1-4-9(10)8-17-12/h1-7,14,16H,8H2. The summed E-state index contributed by atoms with van der Waals surface area (Å²) in [7, 11) is 0. The zero-order valence-corrected chi connectivity index (χ0v) is 10.6. The van der Waals surface area contributed by atoms with Gasteiger partial charge in [0.1, 0.15) is 6.10 Å². The number of rotatable bonds is 0. The van der Waals surface area contributed by atoms with Crippen LogP contribution >= 0.6 is 23.4 Å². The quantitative estimate of drug-likeness (QED) is 0.774. The van der Waals surface area contributed by atoms with E-state index in [2.05, 4.69) is 6.07 Å². The molecule has 1 aliphatic heterocycles. The highest BCUT2D eigenvalue weighted by atomic mass is 35.5. The molecule has 0 bridgehead atoms. The van der Waals surface area contributed by atoms with E-state index in [4.69, 9.17) is 11.6 Å². The predicted molar refractivity (Wildman–Crippen MR) is 71.5 cm³/mol. The average molecular weight is 263 g/mol. The Balaban J connectivity index is 2.22. The lowest BCUT2D eigenvalue weighted by Gasteiger charge is -2.15. The SMILES string of the molecule is OC1c2ccccc2CSc2cccc(Cl)c21. The van der Waals surface area contributed by atoms with Crippen molar-refractivity contribution in [3.8, 4) is 0 Å². The maximum atomic E-state index is 10.5. The second-order valence-electron chi connectivity index (χ2n) is 4.04. The van der Waals surface area contributed by atoms with Crippen LogP contribution in [0.1, 0.15) is 22.8 Å². The van der Waals surface area contributed by atoms with Gasteiger partial charge in [0.05, 0.1) is 0 Å². The lowest BCUT2D eigenvalue weighted by atomic mass is 9.98. The summed E-state index contributed by atoms with van der Waals surface area (Å²) >= 11 is 7.93. The van der Waals surface area contributed by atoms with Crippen molar-refractivity contribution in [1.82, 2.24) is 0 Å². The fourth-order valence-corrected chi connectivity index (χ4v) is 3.61. The van der Waals surface area contributed by atoms with E-state index >= 15 is 0 Å². The van der Waals surface area contributed by atoms with E-state index < -0.39 is 6.10 Å². The Morgan fingerprint density at radius 2 is 1.94 bits per heavy atom. The molecular formula is C14H11ClOS. The second-order valence-corrected chi connectivity index (χ2v) is 5.47. The number of thioether (sulfide) groups is 1. The van der Waals surface area contributed by atoms with Crippen LogP contribution in [0.5, 0.6) is 0 Å². The first-order valence-electron chi connectivity index (χ1n) is 5.44. The predicted octanol–water partition coefficient (Wildman–Crippen LogP) is 4.03. The molecule has 0 amide bonds. The number of fused-ring (bicyclic) bond motifs is 2. The van der Waals surface area contributed by atoms with Crippen LogP contribution in [0, 0.1) is 0 Å². The summed E-state index contributed by atoms with van der Waals surface area (Å²) in [6, 6.07) is 13.8. The summed E-state index contributed by atoms with van der Waals surface area (Å²) < 4.78 is 0. The molecule has 0 spiro atoms. The van der Waals surface area contributed by atoms with E-state index in [1.165, 1.54) is 5.56 Å². The van der Waals surface area contributed by atoms with Crippen LogP contribution in [0.2, 0.25) is 5.02 Å². The number of aliphatic hydroxyl groups excluding tert-OH is 1. The Labute approximate surface area is 109 Å². The third-order valence-corrected chi connectivity index (χ3v) is 4.47. The number of hydrogen-bond acceptors (Lipinski definition) is 2. The van der Waals surface area contributed by atoms with Crippen LogP contribution in [0.3, 0.4) is 0 Å². The molecule has 0 radical (unpaired) electrons. The molecule has 1 heterocycles. The Bertz CT molecular complexity index is 568. The van der Waals surface area contributed by atoms with Crippen molar-refractivity contribution in [2.24, 2.45) is 0 Å². The molecule has 2 aromatic rings. The highest BCUT2D eigenvalue weighted by Gasteiger charge is 2.23. The molecule has 1 nitrogen and oxygen atoms in total. The van der Waals surface area contributed by atoms with Gasteiger partial charge in [-0.25, -0.2) is 0 Å². The Hall–Kier alpha value is -0.960. The largest absolute Gasteiger partial charge is 0.384 e. The summed E-state index contributed by atoms with van der Waals surface area (Å²) in [4.78, 5) is 1.07. The third-order valence-electron chi connectivity index (χ3n) is 3.02. The molecule has 3 rings (SSSR count). The lowest BCUT2D eigenvalue weighted by Crippen LogP contribution is -2.02. The van der Waals surface area contributed by atoms with Crippen LogP contribution in [0.25, 0.3) is 0 Å². The number of halogens is 1. The zero-order valence-electron chi connectivity index (χ0n) is 9.06. The van der Waals surface area contributed by atoms with Crippen molar-refractivity contribution in [3.05, 3.63) is 64.2 Å². The van der Waals surface area contributed by atoms with E-state index in [1.54, 1.807) is 11.8 Å². The van der Waals surface area contributed by atoms with Crippen molar-refractivity contribution in [3.63, 3.8) is 0 Å². The molecule has 17 heavy (non-hydrogen) atoms. The normalized spacial score (nSPS) is 18.1. The molecule has 0 fully saturated rings. The van der Waals surface area contributed by atoms with Gasteiger partial charge in [-0.1, -0.05) is 41.9 Å². The molecule has 3 heteroatoms. The number of aliphatic hydroxyl groups is 1. The van der Waals surface area contributed by atoms with Crippen LogP contribution in [-0.2, 0) is 5.75 Å². The summed E-state index contributed by atoms with van der Waals surface area (Å²) in [5.41, 5.74) is 2.98. The van der Waals surface area contributed by atoms with Crippen molar-refractivity contribution in [1.29, 1.82) is 0 Å². The minimum Gasteiger partial charge on any atom is -0.384 e. The fourth-order valence-electron chi connectivity index (χ4n) is 2.15. The minimum atomic E-state index is -0.620. The van der Waals surface area contributed by atoms with Crippen molar-refractivity contribution in [2.45, 2.75) is 16.8 Å². The van der Waals surface area contributed by atoms with Gasteiger partial charge in [-0.3, -0.25) is 0 Å². The van der Waals surface area contributed by atoms with Gasteiger partial charge < -0.3 is 5.11 Å². The molecule has 1 atom stereocenters. The summed E-state index contributed by atoms with van der Waals surface area (Å²) in [6.45, 7) is 0. The maximum Gasteiger partial charge on any atom is 0.107 e. The van der Waals surface area contributed by atoms with Gasteiger partial charge in [0.2, 0.25) is 0 Å². The zero-order chi connectivity index (χ0) is 11.8. The molecule has 1 unspecified atom stereocenters. The first-order chi connectivity index (χ1) is 8.27. The van der Waals surface area contributed by atoms with Gasteiger partial charge >= 0.3 is 0 Å². The summed E-state index contributed by atoms with van der Waals surface area (Å²) in [5, 5.41) is 11.1. The molecule has 0 aliphatic carbocycles. The fraction of sp³-hybridized carbons (Fsp3) is 0.143. The molecule has 2 aromatic carbocycles. The van der Waals surface area contributed by atoms with Crippen LogP contribution in [-0.4, -0.2) is 5.11 Å². The van der Waals surface area contributed by atoms with Gasteiger partial charge in [-0.2, -0.15) is 0 Å². The Morgan fingerprint density at radius 3 is 2.82 bits per heavy atom. The second kappa shape index (κ2) is 4.37. The molecule has 0 saturated heterocycles. The van der Waals surface area contributed by atoms with Crippen molar-refractivity contribution >= 4 is 23.4 Å². The Morgan fingerprint density at radius 1 is 1.12 bits per heavy atom. The van der Waals surface area contributed by atoms with Crippen LogP contribution < -0.4 is 0 Å². The van der Waals surface area contributed by atoms with Crippen molar-refractivity contribution in [2.75, 3.05) is 0 Å². The van der Waals surface area contributed by atoms with Crippen LogP contribution in [0.4, 0.5) is 0 Å². The highest BCUT2D eigenvalue weighted by Crippen LogP contribution is 2.42. The monoisotopic (exact) mass is 262 g/mol. The molecule has 0 aromatic heterocycles. The lowest BCUT2D eigenvalue weighted by molar-refractivity contribution is 0.217. The van der Waals surface area contributed by atoms with E-state index in [1.807, 2.05) is 36.4 Å². The number of hydrogen-bond donors (Lipinski definition) is 1. The third kappa shape index (κ3) is 1.86. The van der Waals surface area contributed by atoms with Gasteiger partial charge in [-0.05, 0) is 23.3 Å². The first-order valence-corrected chi connectivity index (χ1v) is 6.81. The molecule has 1 aliphatic rings. The molecule has 86 valence electrons. The topological polar surface area (TPSA) is 20.2 Å². The summed E-state index contributed by atoms with van der Waals surface area (Å²) in [5.74, 6) is 0.876. The van der Waals surface area contributed by atoms with Gasteiger partial charge in [0.25, 0.3) is 0 Å². The average Bonchev–Trinajstić information content (AvgIpc) is 2.49. The molecule has 0 saturated carbocycles. The minimum absolute atomic E-state index is 0.620. The molecular weight excluding hydrogens is 252 g/mol. The van der Waals surface area contributed by atoms with Gasteiger partial charge in [0.15, 0.2) is 0 Å². The van der Waals surface area contributed by atoms with E-state index in [9.17, 15) is 5.11 Å². The van der Waals surface area contributed by atoms with E-state index in [0.717, 1.165) is 21.8 Å². The highest BCUT2D eigenvalue weighted by molar-refractivity contribution is 7.98. The number of benzene rings is 2. The first kappa shape index (κ1) is 11.1.